The zero-order valence-corrected chi connectivity index (χ0v) is 12.4. The third-order valence-corrected chi connectivity index (χ3v) is 3.85. The predicted octanol–water partition coefficient (Wildman–Crippen LogP) is 1.78. The maximum atomic E-state index is 12.0. The maximum Gasteiger partial charge on any atom is 0.316 e. The van der Waals surface area contributed by atoms with Crippen molar-refractivity contribution in [1.29, 1.82) is 0 Å². The van der Waals surface area contributed by atoms with Gasteiger partial charge in [0.1, 0.15) is 12.6 Å². The van der Waals surface area contributed by atoms with Crippen LogP contribution in [-0.4, -0.2) is 32.6 Å². The monoisotopic (exact) mass is 300 g/mol. The lowest BCUT2D eigenvalue weighted by Crippen LogP contribution is -2.41. The van der Waals surface area contributed by atoms with Crippen LogP contribution in [0.15, 0.2) is 43.0 Å². The fourth-order valence-electron chi connectivity index (χ4n) is 2.74. The highest BCUT2D eigenvalue weighted by Crippen LogP contribution is 2.22. The number of aromatic nitrogens is 3. The standard InChI is InChI=1S/C16H20N4O2/c21-15(12-20-10-1-2-11-20)19-13-4-6-14(7-5-13)22-16-17-8-3-9-18-16/h1-3,8-11,13-14H,4-7,12H2,(H,19,21). The van der Waals surface area contributed by atoms with Crippen molar-refractivity contribution in [2.75, 3.05) is 0 Å². The summed E-state index contributed by atoms with van der Waals surface area (Å²) in [5.74, 6) is 0.0620. The van der Waals surface area contributed by atoms with Gasteiger partial charge in [0.2, 0.25) is 5.91 Å². The van der Waals surface area contributed by atoms with Crippen LogP contribution < -0.4 is 10.1 Å². The molecule has 0 saturated heterocycles. The molecule has 2 aromatic heterocycles. The van der Waals surface area contributed by atoms with Crippen LogP contribution in [0.5, 0.6) is 6.01 Å². The van der Waals surface area contributed by atoms with E-state index in [9.17, 15) is 4.79 Å². The Morgan fingerprint density at radius 1 is 1.14 bits per heavy atom. The molecule has 1 aliphatic carbocycles. The Kier molecular flexibility index (Phi) is 4.68. The molecule has 6 nitrogen and oxygen atoms in total. The number of hydrogen-bond donors (Lipinski definition) is 1. The van der Waals surface area contributed by atoms with E-state index in [2.05, 4.69) is 15.3 Å². The van der Waals surface area contributed by atoms with Gasteiger partial charge in [0.15, 0.2) is 0 Å². The highest BCUT2D eigenvalue weighted by Gasteiger charge is 2.24. The topological polar surface area (TPSA) is 69.0 Å². The molecule has 1 amide bonds. The Hall–Kier alpha value is -2.37. The first-order chi connectivity index (χ1) is 10.8. The van der Waals surface area contributed by atoms with Gasteiger partial charge in [-0.25, -0.2) is 9.97 Å². The van der Waals surface area contributed by atoms with Crippen molar-refractivity contribution >= 4 is 5.91 Å². The number of nitrogens with one attached hydrogen (secondary N) is 1. The third-order valence-electron chi connectivity index (χ3n) is 3.85. The average Bonchev–Trinajstić information content (AvgIpc) is 3.03. The van der Waals surface area contributed by atoms with E-state index in [0.29, 0.717) is 12.6 Å². The van der Waals surface area contributed by atoms with Gasteiger partial charge >= 0.3 is 6.01 Å². The Balaban J connectivity index is 1.41. The molecule has 0 bridgehead atoms. The normalized spacial score (nSPS) is 21.3. The minimum Gasteiger partial charge on any atom is -0.460 e. The predicted molar refractivity (Wildman–Crippen MR) is 81.3 cm³/mol. The minimum atomic E-state index is 0.0620. The SMILES string of the molecule is O=C(Cn1cccc1)NC1CCC(Oc2ncccn2)CC1. The number of nitrogens with zero attached hydrogens (tertiary/aromatic N) is 3. The van der Waals surface area contributed by atoms with Gasteiger partial charge < -0.3 is 14.6 Å². The lowest BCUT2D eigenvalue weighted by atomic mass is 9.93. The van der Waals surface area contributed by atoms with Gasteiger partial charge in [0.05, 0.1) is 0 Å². The summed E-state index contributed by atoms with van der Waals surface area (Å²) in [4.78, 5) is 20.1. The first-order valence-corrected chi connectivity index (χ1v) is 7.63. The van der Waals surface area contributed by atoms with Crippen LogP contribution in [0.25, 0.3) is 0 Å². The second kappa shape index (κ2) is 7.06. The smallest absolute Gasteiger partial charge is 0.316 e. The van der Waals surface area contributed by atoms with Gasteiger partial charge in [0, 0.05) is 30.8 Å². The molecule has 0 spiro atoms. The van der Waals surface area contributed by atoms with Crippen LogP contribution in [0.1, 0.15) is 25.7 Å². The van der Waals surface area contributed by atoms with Crippen molar-refractivity contribution in [2.45, 2.75) is 44.4 Å². The molecule has 0 unspecified atom stereocenters. The average molecular weight is 300 g/mol. The number of carbonyl (C=O) groups excluding carboxylic acids is 1. The van der Waals surface area contributed by atoms with Crippen LogP contribution in [0.3, 0.4) is 0 Å². The van der Waals surface area contributed by atoms with E-state index in [1.54, 1.807) is 18.5 Å². The van der Waals surface area contributed by atoms with Crippen molar-refractivity contribution in [3.05, 3.63) is 43.0 Å². The number of hydrogen-bond acceptors (Lipinski definition) is 4. The molecule has 3 rings (SSSR count). The molecule has 0 atom stereocenters. The molecule has 1 saturated carbocycles. The van der Waals surface area contributed by atoms with E-state index in [4.69, 9.17) is 4.74 Å². The molecule has 6 heteroatoms. The zero-order chi connectivity index (χ0) is 15.2. The van der Waals surface area contributed by atoms with Gasteiger partial charge in [-0.2, -0.15) is 0 Å². The molecule has 116 valence electrons. The molecule has 2 heterocycles. The van der Waals surface area contributed by atoms with Crippen molar-refractivity contribution < 1.29 is 9.53 Å². The summed E-state index contributed by atoms with van der Waals surface area (Å²) in [6.07, 6.45) is 10.9. The molecule has 22 heavy (non-hydrogen) atoms. The van der Waals surface area contributed by atoms with Gasteiger partial charge in [0.25, 0.3) is 0 Å². The van der Waals surface area contributed by atoms with Crippen molar-refractivity contribution in [1.82, 2.24) is 19.9 Å². The Labute approximate surface area is 129 Å². The Morgan fingerprint density at radius 3 is 2.50 bits per heavy atom. The van der Waals surface area contributed by atoms with Crippen LogP contribution in [0, 0.1) is 0 Å². The summed E-state index contributed by atoms with van der Waals surface area (Å²) in [7, 11) is 0. The first kappa shape index (κ1) is 14.6. The van der Waals surface area contributed by atoms with E-state index in [0.717, 1.165) is 25.7 Å². The molecule has 0 aliphatic heterocycles. The molecule has 1 fully saturated rings. The van der Waals surface area contributed by atoms with Crippen LogP contribution in [-0.2, 0) is 11.3 Å². The lowest BCUT2D eigenvalue weighted by molar-refractivity contribution is -0.122. The van der Waals surface area contributed by atoms with Crippen molar-refractivity contribution in [2.24, 2.45) is 0 Å². The minimum absolute atomic E-state index is 0.0620. The summed E-state index contributed by atoms with van der Waals surface area (Å²) < 4.78 is 7.63. The Morgan fingerprint density at radius 2 is 1.82 bits per heavy atom. The largest absolute Gasteiger partial charge is 0.460 e. The number of amides is 1. The second-order valence-electron chi connectivity index (χ2n) is 5.55. The summed E-state index contributed by atoms with van der Waals surface area (Å²) in [5.41, 5.74) is 0. The molecule has 0 radical (unpaired) electrons. The van der Waals surface area contributed by atoms with Crippen LogP contribution in [0.4, 0.5) is 0 Å². The van der Waals surface area contributed by atoms with E-state index in [1.165, 1.54) is 0 Å². The van der Waals surface area contributed by atoms with E-state index in [-0.39, 0.29) is 18.1 Å². The zero-order valence-electron chi connectivity index (χ0n) is 12.4. The fourth-order valence-corrected chi connectivity index (χ4v) is 2.74. The summed E-state index contributed by atoms with van der Waals surface area (Å²) >= 11 is 0. The fraction of sp³-hybridized carbons (Fsp3) is 0.438. The molecular formula is C16H20N4O2. The highest BCUT2D eigenvalue weighted by atomic mass is 16.5. The first-order valence-electron chi connectivity index (χ1n) is 7.63. The van der Waals surface area contributed by atoms with Crippen molar-refractivity contribution in [3.8, 4) is 6.01 Å². The lowest BCUT2D eigenvalue weighted by Gasteiger charge is -2.28. The van der Waals surface area contributed by atoms with E-state index < -0.39 is 0 Å². The molecule has 0 aromatic carbocycles. The Bertz CT molecular complexity index is 577. The summed E-state index contributed by atoms with van der Waals surface area (Å²) in [6, 6.07) is 6.27. The van der Waals surface area contributed by atoms with Crippen molar-refractivity contribution in [3.63, 3.8) is 0 Å². The van der Waals surface area contributed by atoms with E-state index >= 15 is 0 Å². The quantitative estimate of drug-likeness (QED) is 0.914. The third kappa shape index (κ3) is 4.07. The maximum absolute atomic E-state index is 12.0. The van der Waals surface area contributed by atoms with Gasteiger partial charge in [-0.05, 0) is 43.9 Å². The highest BCUT2D eigenvalue weighted by molar-refractivity contribution is 5.76. The molecule has 1 aliphatic rings. The van der Waals surface area contributed by atoms with Gasteiger partial charge in [-0.3, -0.25) is 4.79 Å². The molecule has 2 aromatic rings. The number of rotatable bonds is 5. The summed E-state index contributed by atoms with van der Waals surface area (Å²) in [6.45, 7) is 0.376. The number of carbonyl (C=O) groups is 1. The molecular weight excluding hydrogens is 280 g/mol. The van der Waals surface area contributed by atoms with Gasteiger partial charge in [-0.1, -0.05) is 0 Å². The van der Waals surface area contributed by atoms with E-state index in [1.807, 2.05) is 29.1 Å². The molecule has 1 N–H and O–H groups in total. The number of ether oxygens (including phenoxy) is 1. The van der Waals surface area contributed by atoms with Crippen LogP contribution in [0.2, 0.25) is 0 Å². The van der Waals surface area contributed by atoms with Crippen LogP contribution >= 0.6 is 0 Å². The van der Waals surface area contributed by atoms with Gasteiger partial charge in [-0.15, -0.1) is 0 Å². The second-order valence-corrected chi connectivity index (χ2v) is 5.55. The summed E-state index contributed by atoms with van der Waals surface area (Å²) in [5, 5.41) is 3.09.